The van der Waals surface area contributed by atoms with Crippen molar-refractivity contribution < 1.29 is 9.59 Å². The highest BCUT2D eigenvalue weighted by atomic mass is 16.2. The molecule has 0 aliphatic carbocycles. The van der Waals surface area contributed by atoms with E-state index in [1.54, 1.807) is 11.0 Å². The van der Waals surface area contributed by atoms with Gasteiger partial charge >= 0.3 is 0 Å². The van der Waals surface area contributed by atoms with Crippen LogP contribution in [0.1, 0.15) is 38.2 Å². The Morgan fingerprint density at radius 2 is 2.08 bits per heavy atom. The SMILES string of the molecule is CCCC(=O)Nc1cccc(CNC(=O)CCCn2cncn2)c1. The van der Waals surface area contributed by atoms with Gasteiger partial charge in [0, 0.05) is 31.6 Å². The predicted molar refractivity (Wildman–Crippen MR) is 91.1 cm³/mol. The second-order valence-electron chi connectivity index (χ2n) is 5.54. The van der Waals surface area contributed by atoms with E-state index >= 15 is 0 Å². The number of aryl methyl sites for hydroxylation is 1. The van der Waals surface area contributed by atoms with Crippen LogP contribution in [0.15, 0.2) is 36.9 Å². The maximum atomic E-state index is 11.9. The van der Waals surface area contributed by atoms with Crippen molar-refractivity contribution in [3.63, 3.8) is 0 Å². The van der Waals surface area contributed by atoms with E-state index in [1.165, 1.54) is 6.33 Å². The molecule has 0 unspecified atom stereocenters. The predicted octanol–water partition coefficient (Wildman–Crippen LogP) is 2.11. The van der Waals surface area contributed by atoms with Crippen LogP contribution in [0.3, 0.4) is 0 Å². The molecule has 2 aromatic rings. The molecule has 1 aromatic carbocycles. The summed E-state index contributed by atoms with van der Waals surface area (Å²) in [5.41, 5.74) is 1.71. The Bertz CT molecular complexity index is 655. The van der Waals surface area contributed by atoms with Gasteiger partial charge in [0.15, 0.2) is 0 Å². The number of nitrogens with zero attached hydrogens (tertiary/aromatic N) is 3. The summed E-state index contributed by atoms with van der Waals surface area (Å²) in [6.07, 6.45) is 5.58. The maximum Gasteiger partial charge on any atom is 0.224 e. The van der Waals surface area contributed by atoms with E-state index < -0.39 is 0 Å². The van der Waals surface area contributed by atoms with Gasteiger partial charge in [-0.15, -0.1) is 0 Å². The van der Waals surface area contributed by atoms with Gasteiger partial charge in [0.2, 0.25) is 11.8 Å². The topological polar surface area (TPSA) is 88.9 Å². The molecule has 0 saturated heterocycles. The summed E-state index contributed by atoms with van der Waals surface area (Å²) < 4.78 is 1.70. The number of aromatic nitrogens is 3. The van der Waals surface area contributed by atoms with E-state index in [4.69, 9.17) is 0 Å². The van der Waals surface area contributed by atoms with Gasteiger partial charge < -0.3 is 10.6 Å². The maximum absolute atomic E-state index is 11.9. The Morgan fingerprint density at radius 1 is 1.21 bits per heavy atom. The summed E-state index contributed by atoms with van der Waals surface area (Å²) >= 11 is 0. The second kappa shape index (κ2) is 9.44. The van der Waals surface area contributed by atoms with Gasteiger partial charge in [0.1, 0.15) is 12.7 Å². The largest absolute Gasteiger partial charge is 0.352 e. The van der Waals surface area contributed by atoms with Crippen LogP contribution < -0.4 is 10.6 Å². The normalized spacial score (nSPS) is 10.4. The van der Waals surface area contributed by atoms with E-state index in [2.05, 4.69) is 20.7 Å². The van der Waals surface area contributed by atoms with Gasteiger partial charge in [0.05, 0.1) is 0 Å². The summed E-state index contributed by atoms with van der Waals surface area (Å²) in [7, 11) is 0. The van der Waals surface area contributed by atoms with Crippen LogP contribution in [-0.2, 0) is 22.7 Å². The van der Waals surface area contributed by atoms with Crippen molar-refractivity contribution in [2.75, 3.05) is 5.32 Å². The third kappa shape index (κ3) is 6.20. The molecule has 2 amide bonds. The molecule has 24 heavy (non-hydrogen) atoms. The molecule has 0 atom stereocenters. The van der Waals surface area contributed by atoms with Crippen molar-refractivity contribution in [1.29, 1.82) is 0 Å². The van der Waals surface area contributed by atoms with Crippen LogP contribution in [0.5, 0.6) is 0 Å². The zero-order valence-electron chi connectivity index (χ0n) is 13.9. The number of nitrogens with one attached hydrogen (secondary N) is 2. The monoisotopic (exact) mass is 329 g/mol. The Morgan fingerprint density at radius 3 is 2.83 bits per heavy atom. The lowest BCUT2D eigenvalue weighted by atomic mass is 10.2. The van der Waals surface area contributed by atoms with E-state index in [1.807, 2.05) is 31.2 Å². The summed E-state index contributed by atoms with van der Waals surface area (Å²) in [4.78, 5) is 27.3. The molecular weight excluding hydrogens is 306 g/mol. The average molecular weight is 329 g/mol. The molecule has 2 N–H and O–H groups in total. The van der Waals surface area contributed by atoms with E-state index in [0.29, 0.717) is 32.4 Å². The third-order valence-corrected chi connectivity index (χ3v) is 3.44. The fourth-order valence-electron chi connectivity index (χ4n) is 2.25. The number of amides is 2. The summed E-state index contributed by atoms with van der Waals surface area (Å²) in [5.74, 6) is 0.00216. The highest BCUT2D eigenvalue weighted by Gasteiger charge is 2.04. The van der Waals surface area contributed by atoms with Gasteiger partial charge in [-0.1, -0.05) is 19.1 Å². The Hall–Kier alpha value is -2.70. The molecular formula is C17H23N5O2. The summed E-state index contributed by atoms with van der Waals surface area (Å²) in [6.45, 7) is 3.08. The van der Waals surface area contributed by atoms with Crippen molar-refractivity contribution in [2.24, 2.45) is 0 Å². The number of rotatable bonds is 9. The van der Waals surface area contributed by atoms with Crippen LogP contribution in [0.4, 0.5) is 5.69 Å². The fourth-order valence-corrected chi connectivity index (χ4v) is 2.25. The number of benzene rings is 1. The van der Waals surface area contributed by atoms with Crippen molar-refractivity contribution in [3.8, 4) is 0 Å². The first-order chi connectivity index (χ1) is 11.7. The van der Waals surface area contributed by atoms with Gasteiger partial charge in [-0.2, -0.15) is 5.10 Å². The van der Waals surface area contributed by atoms with E-state index in [-0.39, 0.29) is 11.8 Å². The zero-order valence-corrected chi connectivity index (χ0v) is 13.9. The zero-order chi connectivity index (χ0) is 17.2. The Balaban J connectivity index is 1.72. The summed E-state index contributed by atoms with van der Waals surface area (Å²) in [6, 6.07) is 7.51. The minimum absolute atomic E-state index is 0.00413. The summed E-state index contributed by atoms with van der Waals surface area (Å²) in [5, 5.41) is 9.73. The number of hydrogen-bond donors (Lipinski definition) is 2. The molecule has 0 spiro atoms. The lowest BCUT2D eigenvalue weighted by Crippen LogP contribution is -2.23. The molecule has 0 fully saturated rings. The number of carbonyl (C=O) groups excluding carboxylic acids is 2. The standard InChI is InChI=1S/C17H23N5O2/c1-2-5-17(24)21-15-7-3-6-14(10-15)11-19-16(23)8-4-9-22-13-18-12-20-22/h3,6-7,10,12-13H,2,4-5,8-9,11H2,1H3,(H,19,23)(H,21,24). The second-order valence-corrected chi connectivity index (χ2v) is 5.54. The van der Waals surface area contributed by atoms with Crippen LogP contribution in [0.25, 0.3) is 0 Å². The van der Waals surface area contributed by atoms with Crippen LogP contribution in [0, 0.1) is 0 Å². The van der Waals surface area contributed by atoms with Crippen molar-refractivity contribution in [3.05, 3.63) is 42.5 Å². The first-order valence-electron chi connectivity index (χ1n) is 8.15. The van der Waals surface area contributed by atoms with Gasteiger partial charge in [-0.05, 0) is 30.5 Å². The first kappa shape index (κ1) is 17.7. The average Bonchev–Trinajstić information content (AvgIpc) is 3.07. The fraction of sp³-hybridized carbons (Fsp3) is 0.412. The molecule has 7 nitrogen and oxygen atoms in total. The third-order valence-electron chi connectivity index (χ3n) is 3.44. The molecule has 1 heterocycles. The van der Waals surface area contributed by atoms with E-state index in [9.17, 15) is 9.59 Å². The highest BCUT2D eigenvalue weighted by Crippen LogP contribution is 2.11. The smallest absolute Gasteiger partial charge is 0.224 e. The lowest BCUT2D eigenvalue weighted by molar-refractivity contribution is -0.121. The molecule has 128 valence electrons. The molecule has 0 aliphatic rings. The van der Waals surface area contributed by atoms with E-state index in [0.717, 1.165) is 17.7 Å². The number of anilines is 1. The van der Waals surface area contributed by atoms with Crippen molar-refractivity contribution >= 4 is 17.5 Å². The lowest BCUT2D eigenvalue weighted by Gasteiger charge is -2.08. The van der Waals surface area contributed by atoms with Crippen molar-refractivity contribution in [2.45, 2.75) is 45.7 Å². The molecule has 0 aliphatic heterocycles. The van der Waals surface area contributed by atoms with Crippen molar-refractivity contribution in [1.82, 2.24) is 20.1 Å². The minimum Gasteiger partial charge on any atom is -0.352 e. The molecule has 0 bridgehead atoms. The Labute approximate surface area is 141 Å². The molecule has 0 radical (unpaired) electrons. The van der Waals surface area contributed by atoms with Gasteiger partial charge in [0.25, 0.3) is 0 Å². The van der Waals surface area contributed by atoms with Gasteiger partial charge in [-0.25, -0.2) is 4.98 Å². The molecule has 0 saturated carbocycles. The van der Waals surface area contributed by atoms with Crippen LogP contribution in [0.2, 0.25) is 0 Å². The van der Waals surface area contributed by atoms with Crippen LogP contribution in [-0.4, -0.2) is 26.6 Å². The molecule has 1 aromatic heterocycles. The number of hydrogen-bond acceptors (Lipinski definition) is 4. The highest BCUT2D eigenvalue weighted by molar-refractivity contribution is 5.90. The van der Waals surface area contributed by atoms with Crippen LogP contribution >= 0.6 is 0 Å². The number of carbonyl (C=O) groups is 2. The molecule has 7 heteroatoms. The Kier molecular flexibility index (Phi) is 6.94. The van der Waals surface area contributed by atoms with Gasteiger partial charge in [-0.3, -0.25) is 14.3 Å². The quantitative estimate of drug-likeness (QED) is 0.737. The molecule has 2 rings (SSSR count). The first-order valence-corrected chi connectivity index (χ1v) is 8.15. The minimum atomic E-state index is -0.00413.